The van der Waals surface area contributed by atoms with Gasteiger partial charge in [-0.25, -0.2) is 9.83 Å². The van der Waals surface area contributed by atoms with E-state index in [1.807, 2.05) is 18.3 Å². The van der Waals surface area contributed by atoms with Crippen LogP contribution in [-0.2, 0) is 43.3 Å². The number of ether oxygens (including phenoxy) is 1. The first-order valence-corrected chi connectivity index (χ1v) is 36.0. The molecule has 7 nitrogen and oxygen atoms in total. The number of furan rings is 1. The maximum atomic E-state index is 8.09. The zero-order valence-corrected chi connectivity index (χ0v) is 64.0. The molecule has 512 valence electrons. The Kier molecular flexibility index (Phi) is 16.5. The fraction of sp³-hybridized carbons (Fsp3) is 0.355. The molecule has 1 aliphatic heterocycles. The molecule has 1 aliphatic rings. The highest BCUT2D eigenvalue weighted by Crippen LogP contribution is 2.55. The van der Waals surface area contributed by atoms with Crippen LogP contribution in [0.1, 0.15) is 211 Å². The number of pyridine rings is 1. The van der Waals surface area contributed by atoms with Gasteiger partial charge in [0.05, 0.1) is 40.1 Å². The van der Waals surface area contributed by atoms with Crippen LogP contribution in [0.4, 0.5) is 28.4 Å². The number of hydrogen-bond acceptors (Lipinski definition) is 5. The number of aromatic nitrogens is 2. The lowest BCUT2D eigenvalue weighted by Crippen LogP contribution is -2.26. The minimum Gasteiger partial charge on any atom is -0.466 e. The lowest BCUT2D eigenvalue weighted by molar-refractivity contribution is 0.483. The fourth-order valence-corrected chi connectivity index (χ4v) is 14.6. The number of fused-ring (bicyclic) bond motifs is 8. The van der Waals surface area contributed by atoms with Crippen LogP contribution in [0.25, 0.3) is 87.8 Å². The van der Waals surface area contributed by atoms with Crippen molar-refractivity contribution >= 4 is 72.2 Å². The molecule has 12 aromatic rings. The average molecular weight is 1320 g/mol. The molecular formula is C93H103N5O2. The third-order valence-electron chi connectivity index (χ3n) is 20.7. The maximum absolute atomic E-state index is 8.09. The molecule has 4 heterocycles. The van der Waals surface area contributed by atoms with E-state index in [0.29, 0.717) is 29.4 Å². The van der Waals surface area contributed by atoms with Crippen LogP contribution in [0.2, 0.25) is 0 Å². The Balaban J connectivity index is 1.07. The quantitative estimate of drug-likeness (QED) is 0.142. The number of hydrogen-bond donors (Lipinski definition) is 0. The summed E-state index contributed by atoms with van der Waals surface area (Å²) in [7, 11) is 0. The standard InChI is InChI=1S/C93H103N5O2/c1-86(2,3)59-40-41-95-80(52-59)98-78-39-38-69-68-30-28-33-75(94-25)84(68)100-85(69)82(78)70-37-36-66(54-79(70)98)99-67-47-58(81-73(92(19,20)21)31-29-32-74(81)93(22,23)24)46-65(53-67)96-55-97(77-35-27-26-34-76(77)96)83-71(56-42-60(87(4,5)6)48-61(43-56)88(7,8)9)50-64(91(16,17)18)51-72(83)57-44-62(89(10,11)12)49-63(45-57)90(13,14)15/h26-54H,55H2,1-24H3. The molecule has 9 aromatic carbocycles. The normalized spacial score (nSPS) is 13.7. The third kappa shape index (κ3) is 12.7. The molecule has 0 unspecified atom stereocenters. The first-order chi connectivity index (χ1) is 46.6. The average Bonchev–Trinajstić information content (AvgIpc) is 1.52. The smallest absolute Gasteiger partial charge is 0.229 e. The van der Waals surface area contributed by atoms with Gasteiger partial charge in [0.25, 0.3) is 0 Å². The monoisotopic (exact) mass is 1320 g/mol. The minimum absolute atomic E-state index is 0.115. The van der Waals surface area contributed by atoms with Gasteiger partial charge >= 0.3 is 0 Å². The van der Waals surface area contributed by atoms with Gasteiger partial charge in [0.2, 0.25) is 5.69 Å². The summed E-state index contributed by atoms with van der Waals surface area (Å²) < 4.78 is 16.7. The Morgan fingerprint density at radius 2 is 0.900 bits per heavy atom. The molecule has 0 bridgehead atoms. The van der Waals surface area contributed by atoms with E-state index >= 15 is 0 Å². The van der Waals surface area contributed by atoms with Crippen molar-refractivity contribution in [3.05, 3.63) is 232 Å². The van der Waals surface area contributed by atoms with E-state index in [2.05, 4.69) is 343 Å². The van der Waals surface area contributed by atoms with E-state index in [9.17, 15) is 0 Å². The molecule has 3 aromatic heterocycles. The summed E-state index contributed by atoms with van der Waals surface area (Å²) in [6.45, 7) is 64.6. The van der Waals surface area contributed by atoms with Crippen molar-refractivity contribution in [3.63, 3.8) is 0 Å². The highest BCUT2D eigenvalue weighted by molar-refractivity contribution is 6.24. The molecule has 7 heteroatoms. The van der Waals surface area contributed by atoms with E-state index in [4.69, 9.17) is 20.7 Å². The summed E-state index contributed by atoms with van der Waals surface area (Å²) >= 11 is 0. The summed E-state index contributed by atoms with van der Waals surface area (Å²) in [5.41, 5.74) is 24.4. The second-order valence-electron chi connectivity index (χ2n) is 36.7. The molecule has 0 radical (unpaired) electrons. The van der Waals surface area contributed by atoms with Gasteiger partial charge in [0.15, 0.2) is 0 Å². The Bertz CT molecular complexity index is 5100. The second-order valence-corrected chi connectivity index (χ2v) is 36.7. The van der Waals surface area contributed by atoms with E-state index in [-0.39, 0.29) is 43.3 Å². The molecule has 0 saturated heterocycles. The van der Waals surface area contributed by atoms with Gasteiger partial charge in [0, 0.05) is 51.3 Å². The van der Waals surface area contributed by atoms with E-state index in [0.717, 1.165) is 66.6 Å². The van der Waals surface area contributed by atoms with E-state index in [1.54, 1.807) is 0 Å². The van der Waals surface area contributed by atoms with Gasteiger partial charge in [-0.15, -0.1) is 0 Å². The summed E-state index contributed by atoms with van der Waals surface area (Å²) in [6, 6.07) is 63.7. The largest absolute Gasteiger partial charge is 0.466 e. The first-order valence-electron chi connectivity index (χ1n) is 36.0. The topological polar surface area (TPSA) is 51.0 Å². The van der Waals surface area contributed by atoms with Gasteiger partial charge in [-0.05, 0) is 183 Å². The van der Waals surface area contributed by atoms with Crippen molar-refractivity contribution < 1.29 is 9.15 Å². The van der Waals surface area contributed by atoms with Crippen LogP contribution in [0.3, 0.4) is 0 Å². The highest BCUT2D eigenvalue weighted by Gasteiger charge is 2.37. The SMILES string of the molecule is [C-]#[N+]c1cccc2c1oc1c2ccc2c1c1ccc(Oc3cc(-c4c(C(C)(C)C)cccc4C(C)(C)C)cc(N4CN(c5c(-c6cc(C(C)(C)C)cc(C(C)(C)C)c6)cc(C(C)(C)C)cc5-c5cc(C(C)(C)C)cc(C(C)(C)C)c5)c5ccccc54)c3)cc1n2-c1cc(C(C)(C)C)ccn1. The van der Waals surface area contributed by atoms with Gasteiger partial charge < -0.3 is 19.0 Å². The first kappa shape index (κ1) is 69.1. The summed E-state index contributed by atoms with van der Waals surface area (Å²) in [6.07, 6.45) is 1.92. The predicted molar refractivity (Wildman–Crippen MR) is 427 cm³/mol. The Labute approximate surface area is 596 Å². The van der Waals surface area contributed by atoms with Crippen molar-refractivity contribution in [2.75, 3.05) is 16.5 Å². The number of nitrogens with zero attached hydrogens (tertiary/aromatic N) is 5. The minimum atomic E-state index is -0.204. The molecule has 0 saturated carbocycles. The van der Waals surface area contributed by atoms with Crippen LogP contribution in [0.15, 0.2) is 180 Å². The third-order valence-corrected chi connectivity index (χ3v) is 20.7. The zero-order valence-electron chi connectivity index (χ0n) is 64.0. The van der Waals surface area contributed by atoms with Gasteiger partial charge in [-0.1, -0.05) is 251 Å². The van der Waals surface area contributed by atoms with Crippen molar-refractivity contribution in [1.82, 2.24) is 9.55 Å². The molecular weight excluding hydrogens is 1220 g/mol. The summed E-state index contributed by atoms with van der Waals surface area (Å²) in [5, 5.41) is 3.83. The summed E-state index contributed by atoms with van der Waals surface area (Å²) in [4.78, 5) is 14.2. The lowest BCUT2D eigenvalue weighted by atomic mass is 9.74. The van der Waals surface area contributed by atoms with E-state index < -0.39 is 0 Å². The highest BCUT2D eigenvalue weighted by atomic mass is 16.5. The molecule has 0 aliphatic carbocycles. The van der Waals surface area contributed by atoms with Gasteiger partial charge in [0.1, 0.15) is 35.2 Å². The Morgan fingerprint density at radius 3 is 1.42 bits per heavy atom. The van der Waals surface area contributed by atoms with Crippen molar-refractivity contribution in [2.24, 2.45) is 0 Å². The zero-order chi connectivity index (χ0) is 72.1. The second kappa shape index (κ2) is 23.9. The number of benzene rings is 9. The molecule has 100 heavy (non-hydrogen) atoms. The van der Waals surface area contributed by atoms with Gasteiger partial charge in [-0.3, -0.25) is 4.57 Å². The molecule has 0 atom stereocenters. The molecule has 0 spiro atoms. The fourth-order valence-electron chi connectivity index (χ4n) is 14.6. The van der Waals surface area contributed by atoms with Crippen molar-refractivity contribution in [3.8, 4) is 50.7 Å². The van der Waals surface area contributed by atoms with Gasteiger partial charge in [-0.2, -0.15) is 0 Å². The van der Waals surface area contributed by atoms with Crippen LogP contribution in [0.5, 0.6) is 11.5 Å². The Morgan fingerprint density at radius 1 is 0.400 bits per heavy atom. The predicted octanol–water partition coefficient (Wildman–Crippen LogP) is 27.0. The Hall–Kier alpha value is -9.38. The lowest BCUT2D eigenvalue weighted by Gasteiger charge is -2.33. The number of anilines is 4. The van der Waals surface area contributed by atoms with Crippen LogP contribution < -0.4 is 14.5 Å². The van der Waals surface area contributed by atoms with Crippen molar-refractivity contribution in [1.29, 1.82) is 0 Å². The number of rotatable bonds is 8. The van der Waals surface area contributed by atoms with Crippen LogP contribution >= 0.6 is 0 Å². The van der Waals surface area contributed by atoms with E-state index in [1.165, 1.54) is 78.0 Å². The molecule has 13 rings (SSSR count). The van der Waals surface area contributed by atoms with Crippen LogP contribution in [0, 0.1) is 6.57 Å². The summed E-state index contributed by atoms with van der Waals surface area (Å²) in [5.74, 6) is 2.19. The molecule has 0 amide bonds. The molecule has 0 N–H and O–H groups in total. The molecule has 0 fully saturated rings. The van der Waals surface area contributed by atoms with Crippen molar-refractivity contribution in [2.45, 2.75) is 209 Å². The number of para-hydroxylation sites is 3. The maximum Gasteiger partial charge on any atom is 0.229 e. The van der Waals surface area contributed by atoms with Crippen LogP contribution in [-0.4, -0.2) is 16.2 Å².